The van der Waals surface area contributed by atoms with Crippen LogP contribution in [0.4, 0.5) is 0 Å². The lowest BCUT2D eigenvalue weighted by Gasteiger charge is -2.13. The normalized spacial score (nSPS) is 12.0. The number of methoxy groups -OCH3 is 1. The molecule has 0 saturated heterocycles. The highest BCUT2D eigenvalue weighted by atomic mass is 16.5. The van der Waals surface area contributed by atoms with Gasteiger partial charge in [0.25, 0.3) is 0 Å². The molecular weight excluding hydrogens is 316 g/mol. The topological polar surface area (TPSA) is 52.6 Å². The molecule has 0 spiro atoms. The zero-order valence-electron chi connectivity index (χ0n) is 16.8. The Hall–Kier alpha value is -1.06. The molecule has 0 aliphatic carbocycles. The number of hydrogen-bond donors (Lipinski definition) is 0. The Kier molecular flexibility index (Phi) is 17.0. The van der Waals surface area contributed by atoms with Crippen molar-refractivity contribution in [3.63, 3.8) is 0 Å². The van der Waals surface area contributed by atoms with Crippen LogP contribution in [0.1, 0.15) is 104 Å². The molecule has 4 heteroatoms. The van der Waals surface area contributed by atoms with Crippen LogP contribution in [0.25, 0.3) is 0 Å². The average molecular weight is 357 g/mol. The van der Waals surface area contributed by atoms with Crippen molar-refractivity contribution in [1.29, 1.82) is 0 Å². The Morgan fingerprint density at radius 2 is 1.24 bits per heavy atom. The molecule has 0 saturated carbocycles. The van der Waals surface area contributed by atoms with Crippen molar-refractivity contribution in [1.82, 2.24) is 0 Å². The number of esters is 2. The largest absolute Gasteiger partial charge is 0.469 e. The first kappa shape index (κ1) is 23.9. The van der Waals surface area contributed by atoms with Gasteiger partial charge in [0.15, 0.2) is 0 Å². The molecule has 1 unspecified atom stereocenters. The van der Waals surface area contributed by atoms with Crippen molar-refractivity contribution in [3.8, 4) is 0 Å². The summed E-state index contributed by atoms with van der Waals surface area (Å²) in [6.45, 7) is 4.38. The number of carbonyl (C=O) groups excluding carboxylic acids is 2. The van der Waals surface area contributed by atoms with Gasteiger partial charge >= 0.3 is 11.9 Å². The van der Waals surface area contributed by atoms with Gasteiger partial charge < -0.3 is 9.47 Å². The summed E-state index contributed by atoms with van der Waals surface area (Å²) < 4.78 is 9.74. The Morgan fingerprint density at radius 1 is 0.760 bits per heavy atom. The number of hydrogen-bond acceptors (Lipinski definition) is 4. The van der Waals surface area contributed by atoms with Crippen molar-refractivity contribution >= 4 is 11.9 Å². The first-order chi connectivity index (χ1) is 12.2. The van der Waals surface area contributed by atoms with E-state index < -0.39 is 0 Å². The lowest BCUT2D eigenvalue weighted by molar-refractivity contribution is -0.153. The maximum atomic E-state index is 11.8. The minimum Gasteiger partial charge on any atom is -0.469 e. The molecular formula is C21H40O4. The number of unbranched alkanes of at least 4 members (excludes halogenated alkanes) is 11. The van der Waals surface area contributed by atoms with Gasteiger partial charge in [0.05, 0.1) is 26.1 Å². The quantitative estimate of drug-likeness (QED) is 0.243. The zero-order valence-corrected chi connectivity index (χ0v) is 16.8. The molecule has 0 aromatic rings. The molecule has 0 bridgehead atoms. The predicted molar refractivity (Wildman–Crippen MR) is 102 cm³/mol. The van der Waals surface area contributed by atoms with Crippen molar-refractivity contribution < 1.29 is 19.1 Å². The first-order valence-corrected chi connectivity index (χ1v) is 10.4. The molecule has 0 rings (SSSR count). The number of carbonyl (C=O) groups is 2. The van der Waals surface area contributed by atoms with Gasteiger partial charge in [0.2, 0.25) is 0 Å². The van der Waals surface area contributed by atoms with Crippen molar-refractivity contribution in [2.45, 2.75) is 104 Å². The van der Waals surface area contributed by atoms with Crippen LogP contribution in [0.5, 0.6) is 0 Å². The monoisotopic (exact) mass is 356 g/mol. The highest BCUT2D eigenvalue weighted by Crippen LogP contribution is 2.18. The van der Waals surface area contributed by atoms with Crippen molar-refractivity contribution in [3.05, 3.63) is 0 Å². The standard InChI is InChI=1S/C21H40O4/c1-4-6-7-8-9-10-11-12-13-14-15-16-17-19(21(23)24-3)18-20(22)25-5-2/h19H,4-18H2,1-3H3. The van der Waals surface area contributed by atoms with Crippen LogP contribution < -0.4 is 0 Å². The molecule has 1 atom stereocenters. The third-order valence-electron chi connectivity index (χ3n) is 4.66. The maximum Gasteiger partial charge on any atom is 0.309 e. The highest BCUT2D eigenvalue weighted by molar-refractivity contribution is 5.79. The first-order valence-electron chi connectivity index (χ1n) is 10.4. The molecule has 148 valence electrons. The third-order valence-corrected chi connectivity index (χ3v) is 4.66. The molecule has 0 aliphatic rings. The van der Waals surface area contributed by atoms with E-state index in [1.165, 1.54) is 71.3 Å². The Morgan fingerprint density at radius 3 is 1.68 bits per heavy atom. The summed E-state index contributed by atoms with van der Waals surface area (Å²) in [7, 11) is 1.38. The summed E-state index contributed by atoms with van der Waals surface area (Å²) in [5, 5.41) is 0. The van der Waals surface area contributed by atoms with Gasteiger partial charge in [-0.1, -0.05) is 84.0 Å². The van der Waals surface area contributed by atoms with E-state index in [0.29, 0.717) is 13.0 Å². The molecule has 0 aromatic carbocycles. The van der Waals surface area contributed by atoms with Gasteiger partial charge in [0, 0.05) is 0 Å². The lowest BCUT2D eigenvalue weighted by Crippen LogP contribution is -2.21. The lowest BCUT2D eigenvalue weighted by atomic mass is 9.97. The van der Waals surface area contributed by atoms with Crippen LogP contribution in [0.3, 0.4) is 0 Å². The second kappa shape index (κ2) is 17.8. The summed E-state index contributed by atoms with van der Waals surface area (Å²) in [6.07, 6.45) is 16.3. The summed E-state index contributed by atoms with van der Waals surface area (Å²) in [5.74, 6) is -0.958. The van der Waals surface area contributed by atoms with E-state index in [1.54, 1.807) is 6.92 Å². The zero-order chi connectivity index (χ0) is 18.8. The molecule has 0 amide bonds. The summed E-state index contributed by atoms with van der Waals surface area (Å²) in [5.41, 5.74) is 0. The van der Waals surface area contributed by atoms with Gasteiger partial charge in [0.1, 0.15) is 0 Å². The van der Waals surface area contributed by atoms with E-state index in [2.05, 4.69) is 6.92 Å². The van der Waals surface area contributed by atoms with E-state index in [-0.39, 0.29) is 24.3 Å². The summed E-state index contributed by atoms with van der Waals surface area (Å²) in [4.78, 5) is 23.3. The van der Waals surface area contributed by atoms with Crippen LogP contribution in [0, 0.1) is 5.92 Å². The Balaban J connectivity index is 3.61. The molecule has 0 radical (unpaired) electrons. The molecule has 0 fully saturated rings. The van der Waals surface area contributed by atoms with Crippen LogP contribution in [0.2, 0.25) is 0 Å². The minimum atomic E-state index is -0.354. The van der Waals surface area contributed by atoms with E-state index in [0.717, 1.165) is 12.8 Å². The van der Waals surface area contributed by atoms with Gasteiger partial charge in [-0.2, -0.15) is 0 Å². The highest BCUT2D eigenvalue weighted by Gasteiger charge is 2.22. The third kappa shape index (κ3) is 14.9. The van der Waals surface area contributed by atoms with Gasteiger partial charge in [-0.05, 0) is 13.3 Å². The maximum absolute atomic E-state index is 11.8. The minimum absolute atomic E-state index is 0.137. The number of rotatable bonds is 17. The fourth-order valence-electron chi connectivity index (χ4n) is 3.12. The second-order valence-electron chi connectivity index (χ2n) is 6.91. The molecule has 0 aliphatic heterocycles. The smallest absolute Gasteiger partial charge is 0.309 e. The molecule has 0 heterocycles. The summed E-state index contributed by atoms with van der Waals surface area (Å²) >= 11 is 0. The Labute approximate surface area is 155 Å². The average Bonchev–Trinajstić information content (AvgIpc) is 2.61. The molecule has 4 nitrogen and oxygen atoms in total. The van der Waals surface area contributed by atoms with E-state index >= 15 is 0 Å². The van der Waals surface area contributed by atoms with Crippen LogP contribution in [-0.2, 0) is 19.1 Å². The van der Waals surface area contributed by atoms with Crippen molar-refractivity contribution in [2.24, 2.45) is 5.92 Å². The predicted octanol–water partition coefficient (Wildman–Crippen LogP) is 5.82. The fourth-order valence-corrected chi connectivity index (χ4v) is 3.12. The summed E-state index contributed by atoms with van der Waals surface area (Å²) in [6, 6.07) is 0. The van der Waals surface area contributed by atoms with E-state index in [9.17, 15) is 9.59 Å². The molecule has 0 N–H and O–H groups in total. The van der Waals surface area contributed by atoms with Gasteiger partial charge in [-0.3, -0.25) is 9.59 Å². The van der Waals surface area contributed by atoms with Crippen LogP contribution in [-0.4, -0.2) is 25.7 Å². The van der Waals surface area contributed by atoms with Crippen LogP contribution in [0.15, 0.2) is 0 Å². The second-order valence-corrected chi connectivity index (χ2v) is 6.91. The van der Waals surface area contributed by atoms with E-state index in [1.807, 2.05) is 0 Å². The van der Waals surface area contributed by atoms with Crippen molar-refractivity contribution in [2.75, 3.05) is 13.7 Å². The fraction of sp³-hybridized carbons (Fsp3) is 0.905. The molecule has 25 heavy (non-hydrogen) atoms. The number of ether oxygens (including phenoxy) is 2. The van der Waals surface area contributed by atoms with Gasteiger partial charge in [-0.25, -0.2) is 0 Å². The molecule has 0 aromatic heterocycles. The van der Waals surface area contributed by atoms with Crippen LogP contribution >= 0.6 is 0 Å². The SMILES string of the molecule is CCCCCCCCCCCCCCC(CC(=O)OCC)C(=O)OC. The van der Waals surface area contributed by atoms with E-state index in [4.69, 9.17) is 9.47 Å². The Bertz CT molecular complexity index is 328. The van der Waals surface area contributed by atoms with Gasteiger partial charge in [-0.15, -0.1) is 0 Å².